The van der Waals surface area contributed by atoms with Crippen LogP contribution in [0.25, 0.3) is 0 Å². The third-order valence-electron chi connectivity index (χ3n) is 2.22. The maximum Gasteiger partial charge on any atom is 0.244 e. The van der Waals surface area contributed by atoms with Crippen molar-refractivity contribution in [3.05, 3.63) is 0 Å². The molecule has 0 aliphatic carbocycles. The van der Waals surface area contributed by atoms with Crippen LogP contribution in [0.15, 0.2) is 0 Å². The van der Waals surface area contributed by atoms with Crippen molar-refractivity contribution < 1.29 is 18.0 Å². The minimum absolute atomic E-state index is 0.0911. The summed E-state index contributed by atoms with van der Waals surface area (Å²) in [6, 6.07) is -0.580. The van der Waals surface area contributed by atoms with Crippen LogP contribution in [0.1, 0.15) is 20.3 Å². The van der Waals surface area contributed by atoms with Crippen molar-refractivity contribution in [3.8, 4) is 0 Å². The third-order valence-corrected chi connectivity index (χ3v) is 3.14. The summed E-state index contributed by atoms with van der Waals surface area (Å²) in [6.07, 6.45) is 1.16. The van der Waals surface area contributed by atoms with Gasteiger partial charge in [-0.2, -0.15) is 0 Å². The van der Waals surface area contributed by atoms with Gasteiger partial charge in [0.2, 0.25) is 21.8 Å². The van der Waals surface area contributed by atoms with Gasteiger partial charge in [-0.1, -0.05) is 0 Å². The first-order valence-corrected chi connectivity index (χ1v) is 7.04. The van der Waals surface area contributed by atoms with E-state index in [0.717, 1.165) is 6.26 Å². The van der Waals surface area contributed by atoms with Crippen LogP contribution in [0.2, 0.25) is 0 Å². The molecule has 0 aromatic rings. The van der Waals surface area contributed by atoms with Gasteiger partial charge in [0.05, 0.1) is 18.7 Å². The smallest absolute Gasteiger partial charge is 0.244 e. The molecule has 98 valence electrons. The predicted octanol–water partition coefficient (Wildman–Crippen LogP) is -1.68. The number of carbonyl (C=O) groups excluding carboxylic acids is 2. The molecule has 1 aliphatic heterocycles. The van der Waals surface area contributed by atoms with Crippen molar-refractivity contribution in [1.82, 2.24) is 15.4 Å². The van der Waals surface area contributed by atoms with Gasteiger partial charge >= 0.3 is 0 Å². The fourth-order valence-electron chi connectivity index (χ4n) is 1.63. The van der Waals surface area contributed by atoms with Crippen molar-refractivity contribution in [1.29, 1.82) is 0 Å². The Morgan fingerprint density at radius 2 is 2.00 bits per heavy atom. The van der Waals surface area contributed by atoms with Crippen molar-refractivity contribution in [2.75, 3.05) is 12.8 Å². The molecule has 1 fully saturated rings. The third kappa shape index (κ3) is 4.80. The molecule has 8 heteroatoms. The number of nitrogens with one attached hydrogen (secondary N) is 3. The Balaban J connectivity index is 2.50. The molecule has 0 radical (unpaired) electrons. The van der Waals surface area contributed by atoms with E-state index in [0.29, 0.717) is 0 Å². The highest BCUT2D eigenvalue weighted by molar-refractivity contribution is 7.88. The number of sulfonamides is 1. The van der Waals surface area contributed by atoms with Crippen molar-refractivity contribution in [2.45, 2.75) is 31.8 Å². The first-order valence-electron chi connectivity index (χ1n) is 5.15. The Labute approximate surface area is 100 Å². The highest BCUT2D eigenvalue weighted by Crippen LogP contribution is 2.06. The zero-order chi connectivity index (χ0) is 13.3. The zero-order valence-corrected chi connectivity index (χ0v) is 10.8. The maximum atomic E-state index is 11.3. The van der Waals surface area contributed by atoms with Crippen LogP contribution in [0, 0.1) is 0 Å². The van der Waals surface area contributed by atoms with E-state index in [-0.39, 0.29) is 24.8 Å². The average molecular weight is 263 g/mol. The summed E-state index contributed by atoms with van der Waals surface area (Å²) in [6.45, 7) is 3.64. The summed E-state index contributed by atoms with van der Waals surface area (Å²) in [5.74, 6) is -0.688. The van der Waals surface area contributed by atoms with Gasteiger partial charge in [-0.05, 0) is 13.8 Å². The molecule has 17 heavy (non-hydrogen) atoms. The minimum atomic E-state index is -3.31. The summed E-state index contributed by atoms with van der Waals surface area (Å²) in [5.41, 5.74) is -0.723. The van der Waals surface area contributed by atoms with Crippen molar-refractivity contribution in [2.24, 2.45) is 0 Å². The zero-order valence-electron chi connectivity index (χ0n) is 10.0. The summed E-state index contributed by atoms with van der Waals surface area (Å²) in [4.78, 5) is 22.2. The predicted molar refractivity (Wildman–Crippen MR) is 61.6 cm³/mol. The van der Waals surface area contributed by atoms with E-state index in [1.54, 1.807) is 13.8 Å². The molecule has 1 saturated heterocycles. The van der Waals surface area contributed by atoms with E-state index in [1.165, 1.54) is 0 Å². The lowest BCUT2D eigenvalue weighted by atomic mass is 10.1. The molecule has 7 nitrogen and oxygen atoms in total. The molecule has 0 aromatic heterocycles. The molecular formula is C9H17N3O4S. The van der Waals surface area contributed by atoms with E-state index < -0.39 is 21.6 Å². The molecule has 0 aromatic carbocycles. The fourth-order valence-corrected chi connectivity index (χ4v) is 2.71. The molecule has 1 atom stereocenters. The number of rotatable bonds is 5. The van der Waals surface area contributed by atoms with Crippen LogP contribution in [0.4, 0.5) is 0 Å². The van der Waals surface area contributed by atoms with Gasteiger partial charge in [0.15, 0.2) is 0 Å². The number of carbonyl (C=O) groups is 2. The van der Waals surface area contributed by atoms with Crippen LogP contribution >= 0.6 is 0 Å². The molecule has 1 rings (SSSR count). The number of amides is 2. The van der Waals surface area contributed by atoms with Crippen LogP contribution < -0.4 is 15.4 Å². The van der Waals surface area contributed by atoms with Crippen molar-refractivity contribution >= 4 is 21.8 Å². The Morgan fingerprint density at radius 1 is 1.41 bits per heavy atom. The molecule has 2 amide bonds. The van der Waals surface area contributed by atoms with Crippen LogP contribution in [0.5, 0.6) is 0 Å². The first kappa shape index (κ1) is 14.1. The Morgan fingerprint density at radius 3 is 2.41 bits per heavy atom. The van der Waals surface area contributed by atoms with Gasteiger partial charge < -0.3 is 5.32 Å². The second-order valence-electron chi connectivity index (χ2n) is 4.81. The summed E-state index contributed by atoms with van der Waals surface area (Å²) in [7, 11) is -3.31. The standard InChI is InChI=1S/C9H17N3O4S/c1-9(2,12-17(3,15)16)5-10-6-4-7(13)11-8(6)14/h6,10,12H,4-5H2,1-3H3,(H,11,13,14). The molecule has 1 heterocycles. The summed E-state index contributed by atoms with van der Waals surface area (Å²) in [5, 5.41) is 5.04. The van der Waals surface area contributed by atoms with Gasteiger partial charge in [-0.3, -0.25) is 14.9 Å². The normalized spacial score (nSPS) is 21.7. The lowest BCUT2D eigenvalue weighted by Gasteiger charge is -2.26. The van der Waals surface area contributed by atoms with E-state index in [1.807, 2.05) is 0 Å². The largest absolute Gasteiger partial charge is 0.304 e. The van der Waals surface area contributed by atoms with Crippen LogP contribution in [0.3, 0.4) is 0 Å². The molecule has 1 aliphatic rings. The van der Waals surface area contributed by atoms with Gasteiger partial charge in [-0.15, -0.1) is 0 Å². The molecule has 0 bridgehead atoms. The van der Waals surface area contributed by atoms with E-state index >= 15 is 0 Å². The number of hydrogen-bond donors (Lipinski definition) is 3. The van der Waals surface area contributed by atoms with E-state index in [9.17, 15) is 18.0 Å². The Hall–Kier alpha value is -0.990. The molecule has 0 spiro atoms. The average Bonchev–Trinajstić information content (AvgIpc) is 2.37. The second-order valence-corrected chi connectivity index (χ2v) is 6.56. The lowest BCUT2D eigenvalue weighted by Crippen LogP contribution is -2.52. The summed E-state index contributed by atoms with van der Waals surface area (Å²) >= 11 is 0. The first-order chi connectivity index (χ1) is 7.59. The van der Waals surface area contributed by atoms with E-state index in [4.69, 9.17) is 0 Å². The van der Waals surface area contributed by atoms with Gasteiger partial charge in [0, 0.05) is 12.1 Å². The molecule has 0 saturated carbocycles. The van der Waals surface area contributed by atoms with Crippen LogP contribution in [-0.2, 0) is 19.6 Å². The minimum Gasteiger partial charge on any atom is -0.304 e. The lowest BCUT2D eigenvalue weighted by molar-refractivity contribution is -0.125. The quantitative estimate of drug-likeness (QED) is 0.514. The van der Waals surface area contributed by atoms with Crippen molar-refractivity contribution in [3.63, 3.8) is 0 Å². The van der Waals surface area contributed by atoms with Gasteiger partial charge in [-0.25, -0.2) is 13.1 Å². The number of hydrogen-bond acceptors (Lipinski definition) is 5. The maximum absolute atomic E-state index is 11.3. The summed E-state index contributed by atoms with van der Waals surface area (Å²) < 4.78 is 24.6. The Bertz CT molecular complexity index is 430. The molecular weight excluding hydrogens is 246 g/mol. The van der Waals surface area contributed by atoms with E-state index in [2.05, 4.69) is 15.4 Å². The monoisotopic (exact) mass is 263 g/mol. The van der Waals surface area contributed by atoms with Crippen LogP contribution in [-0.4, -0.2) is 44.6 Å². The highest BCUT2D eigenvalue weighted by Gasteiger charge is 2.32. The SMILES string of the molecule is CC(C)(CNC1CC(=O)NC1=O)NS(C)(=O)=O. The fraction of sp³-hybridized carbons (Fsp3) is 0.778. The molecule has 3 N–H and O–H groups in total. The topological polar surface area (TPSA) is 104 Å². The van der Waals surface area contributed by atoms with Gasteiger partial charge in [0.1, 0.15) is 0 Å². The second kappa shape index (κ2) is 4.71. The Kier molecular flexibility index (Phi) is 3.90. The highest BCUT2D eigenvalue weighted by atomic mass is 32.2. The number of imide groups is 1. The molecule has 1 unspecified atom stereocenters. The van der Waals surface area contributed by atoms with Gasteiger partial charge in [0.25, 0.3) is 0 Å².